The molecular weight excluding hydrogens is 228 g/mol. The van der Waals surface area contributed by atoms with Crippen LogP contribution in [0.4, 0.5) is 11.4 Å². The van der Waals surface area contributed by atoms with Crippen molar-refractivity contribution in [3.63, 3.8) is 0 Å². The number of nitrogens with one attached hydrogen (secondary N) is 1. The lowest BCUT2D eigenvalue weighted by atomic mass is 10.1. The molecule has 0 aliphatic carbocycles. The standard InChI is InChI=1S/C14H18N2S/c1-9-4-6-12(8-13(9)15)16-11(3)14-7-5-10(2)17-14/h4-8,11,16H,15H2,1-3H3. The minimum absolute atomic E-state index is 0.316. The third kappa shape index (κ3) is 2.80. The third-order valence-electron chi connectivity index (χ3n) is 2.85. The second-order valence-electron chi connectivity index (χ2n) is 4.39. The zero-order chi connectivity index (χ0) is 12.4. The molecular formula is C14H18N2S. The Kier molecular flexibility index (Phi) is 3.38. The molecule has 3 N–H and O–H groups in total. The van der Waals surface area contributed by atoms with Gasteiger partial charge in [0.05, 0.1) is 6.04 Å². The lowest BCUT2D eigenvalue weighted by molar-refractivity contribution is 0.908. The number of nitrogens with two attached hydrogens (primary N) is 1. The van der Waals surface area contributed by atoms with E-state index < -0.39 is 0 Å². The normalized spacial score (nSPS) is 12.4. The van der Waals surface area contributed by atoms with Crippen molar-refractivity contribution >= 4 is 22.7 Å². The van der Waals surface area contributed by atoms with Gasteiger partial charge < -0.3 is 11.1 Å². The van der Waals surface area contributed by atoms with Crippen LogP contribution in [0.1, 0.15) is 28.3 Å². The SMILES string of the molecule is Cc1ccc(C(C)Nc2ccc(C)c(N)c2)s1. The summed E-state index contributed by atoms with van der Waals surface area (Å²) in [6.45, 7) is 6.32. The Morgan fingerprint density at radius 1 is 1.18 bits per heavy atom. The molecule has 0 radical (unpaired) electrons. The molecule has 3 heteroatoms. The highest BCUT2D eigenvalue weighted by molar-refractivity contribution is 7.12. The average Bonchev–Trinajstić information content (AvgIpc) is 2.70. The molecule has 2 aromatic rings. The predicted octanol–water partition coefficient (Wildman–Crippen LogP) is 4.12. The average molecular weight is 246 g/mol. The fourth-order valence-corrected chi connectivity index (χ4v) is 2.62. The summed E-state index contributed by atoms with van der Waals surface area (Å²) in [7, 11) is 0. The maximum atomic E-state index is 5.90. The Bertz CT molecular complexity index is 517. The van der Waals surface area contributed by atoms with Crippen LogP contribution >= 0.6 is 11.3 Å². The molecule has 0 aliphatic rings. The van der Waals surface area contributed by atoms with Gasteiger partial charge in [-0.2, -0.15) is 0 Å². The molecule has 0 aliphatic heterocycles. The van der Waals surface area contributed by atoms with Crippen LogP contribution in [0.15, 0.2) is 30.3 Å². The number of thiophene rings is 1. The molecule has 2 nitrogen and oxygen atoms in total. The van der Waals surface area contributed by atoms with Crippen LogP contribution in [0.5, 0.6) is 0 Å². The second-order valence-corrected chi connectivity index (χ2v) is 5.71. The van der Waals surface area contributed by atoms with Crippen LogP contribution in [0, 0.1) is 13.8 Å². The van der Waals surface area contributed by atoms with Gasteiger partial charge in [0, 0.05) is 21.1 Å². The third-order valence-corrected chi connectivity index (χ3v) is 4.03. The fraction of sp³-hybridized carbons (Fsp3) is 0.286. The van der Waals surface area contributed by atoms with Crippen LogP contribution in [0.2, 0.25) is 0 Å². The first-order chi connectivity index (χ1) is 8.06. The highest BCUT2D eigenvalue weighted by Crippen LogP contribution is 2.27. The molecule has 0 saturated carbocycles. The van der Waals surface area contributed by atoms with E-state index in [9.17, 15) is 0 Å². The summed E-state index contributed by atoms with van der Waals surface area (Å²) >= 11 is 1.83. The minimum Gasteiger partial charge on any atom is -0.398 e. The molecule has 0 fully saturated rings. The van der Waals surface area contributed by atoms with Crippen molar-refractivity contribution in [2.24, 2.45) is 0 Å². The summed E-state index contributed by atoms with van der Waals surface area (Å²) in [4.78, 5) is 2.69. The maximum Gasteiger partial charge on any atom is 0.0578 e. The first-order valence-electron chi connectivity index (χ1n) is 5.75. The Hall–Kier alpha value is -1.48. The van der Waals surface area contributed by atoms with E-state index in [1.807, 2.05) is 30.4 Å². The van der Waals surface area contributed by atoms with Gasteiger partial charge in [-0.3, -0.25) is 0 Å². The summed E-state index contributed by atoms with van der Waals surface area (Å²) in [5.41, 5.74) is 8.94. The lowest BCUT2D eigenvalue weighted by Crippen LogP contribution is -2.05. The van der Waals surface area contributed by atoms with Crippen LogP contribution < -0.4 is 11.1 Å². The number of benzene rings is 1. The molecule has 1 aromatic heterocycles. The zero-order valence-electron chi connectivity index (χ0n) is 10.4. The molecule has 1 heterocycles. The molecule has 1 unspecified atom stereocenters. The van der Waals surface area contributed by atoms with Crippen molar-refractivity contribution in [1.29, 1.82) is 0 Å². The van der Waals surface area contributed by atoms with Gasteiger partial charge in [0.15, 0.2) is 0 Å². The molecule has 0 amide bonds. The first kappa shape index (κ1) is 12.0. The highest BCUT2D eigenvalue weighted by Gasteiger charge is 2.07. The number of rotatable bonds is 3. The van der Waals surface area contributed by atoms with Crippen molar-refractivity contribution in [1.82, 2.24) is 0 Å². The van der Waals surface area contributed by atoms with Gasteiger partial charge in [0.1, 0.15) is 0 Å². The van der Waals surface area contributed by atoms with Crippen molar-refractivity contribution in [3.8, 4) is 0 Å². The molecule has 0 saturated heterocycles. The van der Waals surface area contributed by atoms with Crippen molar-refractivity contribution in [2.75, 3.05) is 11.1 Å². The summed E-state index contributed by atoms with van der Waals surface area (Å²) in [5.74, 6) is 0. The fourth-order valence-electron chi connectivity index (χ4n) is 1.74. The van der Waals surface area contributed by atoms with E-state index in [2.05, 4.69) is 37.4 Å². The second kappa shape index (κ2) is 4.80. The molecule has 0 bridgehead atoms. The van der Waals surface area contributed by atoms with Gasteiger partial charge >= 0.3 is 0 Å². The Labute approximate surface area is 106 Å². The smallest absolute Gasteiger partial charge is 0.0578 e. The van der Waals surface area contributed by atoms with Crippen LogP contribution in [0.25, 0.3) is 0 Å². The van der Waals surface area contributed by atoms with E-state index in [0.717, 1.165) is 16.9 Å². The highest BCUT2D eigenvalue weighted by atomic mass is 32.1. The number of anilines is 2. The van der Waals surface area contributed by atoms with E-state index in [1.165, 1.54) is 9.75 Å². The quantitative estimate of drug-likeness (QED) is 0.799. The minimum atomic E-state index is 0.316. The topological polar surface area (TPSA) is 38.0 Å². The Balaban J connectivity index is 2.12. The molecule has 1 aromatic carbocycles. The van der Waals surface area contributed by atoms with Crippen molar-refractivity contribution < 1.29 is 0 Å². The molecule has 90 valence electrons. The van der Waals surface area contributed by atoms with E-state index in [0.29, 0.717) is 6.04 Å². The van der Waals surface area contributed by atoms with Gasteiger partial charge in [-0.25, -0.2) is 0 Å². The number of nitrogen functional groups attached to an aromatic ring is 1. The Morgan fingerprint density at radius 3 is 2.53 bits per heavy atom. The number of hydrogen-bond acceptors (Lipinski definition) is 3. The summed E-state index contributed by atoms with van der Waals surface area (Å²) < 4.78 is 0. The molecule has 0 spiro atoms. The monoisotopic (exact) mass is 246 g/mol. The van der Waals surface area contributed by atoms with E-state index in [-0.39, 0.29) is 0 Å². The number of hydrogen-bond donors (Lipinski definition) is 2. The zero-order valence-corrected chi connectivity index (χ0v) is 11.3. The molecule has 1 atom stereocenters. The Morgan fingerprint density at radius 2 is 1.94 bits per heavy atom. The maximum absolute atomic E-state index is 5.90. The first-order valence-corrected chi connectivity index (χ1v) is 6.57. The van der Waals surface area contributed by atoms with Gasteiger partial charge in [-0.1, -0.05) is 6.07 Å². The van der Waals surface area contributed by atoms with E-state index >= 15 is 0 Å². The number of aryl methyl sites for hydroxylation is 2. The van der Waals surface area contributed by atoms with Crippen LogP contribution in [0.3, 0.4) is 0 Å². The lowest BCUT2D eigenvalue weighted by Gasteiger charge is -2.14. The predicted molar refractivity (Wildman–Crippen MR) is 76.7 cm³/mol. The van der Waals surface area contributed by atoms with Gasteiger partial charge in [0.25, 0.3) is 0 Å². The van der Waals surface area contributed by atoms with Crippen LogP contribution in [-0.4, -0.2) is 0 Å². The van der Waals surface area contributed by atoms with Gasteiger partial charge in [-0.15, -0.1) is 11.3 Å². The van der Waals surface area contributed by atoms with Gasteiger partial charge in [-0.05, 0) is 50.6 Å². The van der Waals surface area contributed by atoms with E-state index in [1.54, 1.807) is 0 Å². The molecule has 2 rings (SSSR count). The van der Waals surface area contributed by atoms with Crippen LogP contribution in [-0.2, 0) is 0 Å². The van der Waals surface area contributed by atoms with Crippen molar-refractivity contribution in [3.05, 3.63) is 45.6 Å². The molecule has 17 heavy (non-hydrogen) atoms. The van der Waals surface area contributed by atoms with Gasteiger partial charge in [0.2, 0.25) is 0 Å². The van der Waals surface area contributed by atoms with E-state index in [4.69, 9.17) is 5.73 Å². The van der Waals surface area contributed by atoms with Crippen molar-refractivity contribution in [2.45, 2.75) is 26.8 Å². The summed E-state index contributed by atoms with van der Waals surface area (Å²) in [5, 5.41) is 3.47. The largest absolute Gasteiger partial charge is 0.398 e. The summed E-state index contributed by atoms with van der Waals surface area (Å²) in [6.07, 6.45) is 0. The summed E-state index contributed by atoms with van der Waals surface area (Å²) in [6, 6.07) is 10.8.